The van der Waals surface area contributed by atoms with Crippen molar-refractivity contribution >= 4 is 0 Å². The highest BCUT2D eigenvalue weighted by Gasteiger charge is 2.19. The van der Waals surface area contributed by atoms with E-state index in [1.807, 2.05) is 50.5 Å². The SMILES string of the molecule is Cc1c(OCc2ccn(C)n2)cc(C)n(-c2ccnc(-c3ccnc(C(C)(C)C)n3)c2)c1=O. The summed E-state index contributed by atoms with van der Waals surface area (Å²) in [6, 6.07) is 9.29. The van der Waals surface area contributed by atoms with Crippen molar-refractivity contribution in [2.75, 3.05) is 0 Å². The minimum Gasteiger partial charge on any atom is -0.487 e. The standard InChI is InChI=1S/C25H28N6O2/c1-16-13-22(33-15-18-9-12-30(6)29-18)17(2)23(32)31(16)19-7-10-26-21(14-19)20-8-11-27-24(28-20)25(3,4)5/h7-14H,15H2,1-6H3. The van der Waals surface area contributed by atoms with Crippen LogP contribution >= 0.6 is 0 Å². The van der Waals surface area contributed by atoms with E-state index in [1.54, 1.807) is 28.6 Å². The summed E-state index contributed by atoms with van der Waals surface area (Å²) in [6.07, 6.45) is 5.29. The molecule has 8 heteroatoms. The molecule has 0 bridgehead atoms. The Kier molecular flexibility index (Phi) is 5.84. The lowest BCUT2D eigenvalue weighted by atomic mass is 9.95. The van der Waals surface area contributed by atoms with E-state index >= 15 is 0 Å². The molecule has 0 aliphatic rings. The summed E-state index contributed by atoms with van der Waals surface area (Å²) >= 11 is 0. The lowest BCUT2D eigenvalue weighted by Crippen LogP contribution is -2.23. The van der Waals surface area contributed by atoms with Gasteiger partial charge >= 0.3 is 0 Å². The van der Waals surface area contributed by atoms with Gasteiger partial charge in [-0.1, -0.05) is 20.8 Å². The van der Waals surface area contributed by atoms with E-state index in [0.717, 1.165) is 28.6 Å². The quantitative estimate of drug-likeness (QED) is 0.464. The van der Waals surface area contributed by atoms with Gasteiger partial charge in [0.05, 0.1) is 28.3 Å². The molecule has 8 nitrogen and oxygen atoms in total. The zero-order chi connectivity index (χ0) is 23.8. The fourth-order valence-corrected chi connectivity index (χ4v) is 3.52. The second kappa shape index (κ2) is 8.61. The van der Waals surface area contributed by atoms with Gasteiger partial charge in [-0.25, -0.2) is 9.97 Å². The van der Waals surface area contributed by atoms with Gasteiger partial charge in [0.15, 0.2) is 0 Å². The van der Waals surface area contributed by atoms with Crippen molar-refractivity contribution in [2.45, 2.75) is 46.6 Å². The molecular formula is C25H28N6O2. The van der Waals surface area contributed by atoms with Crippen LogP contribution in [0.2, 0.25) is 0 Å². The van der Waals surface area contributed by atoms with Crippen LogP contribution in [-0.2, 0) is 19.1 Å². The Morgan fingerprint density at radius 1 is 1.00 bits per heavy atom. The lowest BCUT2D eigenvalue weighted by molar-refractivity contribution is 0.296. The fourth-order valence-electron chi connectivity index (χ4n) is 3.52. The van der Waals surface area contributed by atoms with E-state index in [-0.39, 0.29) is 11.0 Å². The Morgan fingerprint density at radius 2 is 1.76 bits per heavy atom. The molecule has 0 radical (unpaired) electrons. The predicted molar refractivity (Wildman–Crippen MR) is 127 cm³/mol. The van der Waals surface area contributed by atoms with E-state index in [9.17, 15) is 4.79 Å². The molecule has 33 heavy (non-hydrogen) atoms. The zero-order valence-electron chi connectivity index (χ0n) is 19.8. The van der Waals surface area contributed by atoms with Gasteiger partial charge in [0.1, 0.15) is 18.2 Å². The molecule has 0 unspecified atom stereocenters. The average molecular weight is 445 g/mol. The molecule has 0 N–H and O–H groups in total. The molecule has 4 aromatic heterocycles. The first kappa shape index (κ1) is 22.4. The molecule has 0 aromatic carbocycles. The van der Waals surface area contributed by atoms with Crippen molar-refractivity contribution in [2.24, 2.45) is 7.05 Å². The van der Waals surface area contributed by atoms with Crippen molar-refractivity contribution in [3.63, 3.8) is 0 Å². The number of hydrogen-bond acceptors (Lipinski definition) is 6. The Hall–Kier alpha value is -3.81. The second-order valence-corrected chi connectivity index (χ2v) is 9.10. The summed E-state index contributed by atoms with van der Waals surface area (Å²) in [6.45, 7) is 10.2. The second-order valence-electron chi connectivity index (χ2n) is 9.10. The maximum Gasteiger partial charge on any atom is 0.261 e. The fraction of sp³-hybridized carbons (Fsp3) is 0.320. The van der Waals surface area contributed by atoms with E-state index < -0.39 is 0 Å². The maximum absolute atomic E-state index is 13.3. The topological polar surface area (TPSA) is 87.7 Å². The summed E-state index contributed by atoms with van der Waals surface area (Å²) in [5.41, 5.74) is 3.90. The number of aromatic nitrogens is 6. The van der Waals surface area contributed by atoms with Crippen molar-refractivity contribution < 1.29 is 4.74 Å². The maximum atomic E-state index is 13.3. The Labute approximate surface area is 192 Å². The predicted octanol–water partition coefficient (Wildman–Crippen LogP) is 3.92. The molecule has 0 saturated heterocycles. The highest BCUT2D eigenvalue weighted by atomic mass is 16.5. The first-order valence-corrected chi connectivity index (χ1v) is 10.8. The largest absolute Gasteiger partial charge is 0.487 e. The van der Waals surface area contributed by atoms with Crippen molar-refractivity contribution in [3.8, 4) is 22.8 Å². The van der Waals surface area contributed by atoms with E-state index in [2.05, 4.69) is 35.8 Å². The van der Waals surface area contributed by atoms with Crippen LogP contribution in [0.15, 0.2) is 53.7 Å². The molecule has 0 fully saturated rings. The van der Waals surface area contributed by atoms with Gasteiger partial charge in [-0.15, -0.1) is 0 Å². The molecule has 0 spiro atoms. The molecule has 0 aliphatic heterocycles. The number of ether oxygens (including phenoxy) is 1. The van der Waals surface area contributed by atoms with Gasteiger partial charge in [-0.3, -0.25) is 19.0 Å². The van der Waals surface area contributed by atoms with Crippen LogP contribution in [0.1, 0.15) is 43.5 Å². The lowest BCUT2D eigenvalue weighted by Gasteiger charge is -2.17. The van der Waals surface area contributed by atoms with Crippen LogP contribution < -0.4 is 10.3 Å². The molecule has 0 atom stereocenters. The number of hydrogen-bond donors (Lipinski definition) is 0. The summed E-state index contributed by atoms with van der Waals surface area (Å²) in [5, 5.41) is 4.32. The van der Waals surface area contributed by atoms with Gasteiger partial charge in [0.25, 0.3) is 5.56 Å². The summed E-state index contributed by atoms with van der Waals surface area (Å²) in [4.78, 5) is 26.8. The van der Waals surface area contributed by atoms with Gasteiger partial charge in [0, 0.05) is 42.8 Å². The Balaban J connectivity index is 1.69. The normalized spacial score (nSPS) is 11.6. The smallest absolute Gasteiger partial charge is 0.261 e. The van der Waals surface area contributed by atoms with Crippen molar-refractivity contribution in [1.29, 1.82) is 0 Å². The molecule has 4 heterocycles. The molecule has 0 aliphatic carbocycles. The third-order valence-corrected chi connectivity index (χ3v) is 5.32. The Bertz CT molecular complexity index is 1360. The van der Waals surface area contributed by atoms with Gasteiger partial charge in [-0.2, -0.15) is 5.10 Å². The summed E-state index contributed by atoms with van der Waals surface area (Å²) < 4.78 is 9.30. The van der Waals surface area contributed by atoms with Crippen molar-refractivity contribution in [3.05, 3.63) is 82.1 Å². The third kappa shape index (κ3) is 4.69. The first-order chi connectivity index (χ1) is 15.6. The highest BCUT2D eigenvalue weighted by molar-refractivity contribution is 5.57. The van der Waals surface area contributed by atoms with Gasteiger partial charge < -0.3 is 4.74 Å². The van der Waals surface area contributed by atoms with E-state index in [4.69, 9.17) is 9.72 Å². The number of nitrogens with zero attached hydrogens (tertiary/aromatic N) is 6. The summed E-state index contributed by atoms with van der Waals surface area (Å²) in [7, 11) is 1.86. The number of pyridine rings is 2. The molecule has 4 rings (SSSR count). The van der Waals surface area contributed by atoms with Gasteiger partial charge in [-0.05, 0) is 38.1 Å². The minimum atomic E-state index is -0.177. The number of rotatable bonds is 5. The minimum absolute atomic E-state index is 0.138. The van der Waals surface area contributed by atoms with Crippen LogP contribution in [0.5, 0.6) is 5.75 Å². The van der Waals surface area contributed by atoms with Crippen LogP contribution in [0.3, 0.4) is 0 Å². The first-order valence-electron chi connectivity index (χ1n) is 10.8. The highest BCUT2D eigenvalue weighted by Crippen LogP contribution is 2.24. The van der Waals surface area contributed by atoms with Crippen LogP contribution in [0, 0.1) is 13.8 Å². The molecule has 0 amide bonds. The summed E-state index contributed by atoms with van der Waals surface area (Å²) in [5.74, 6) is 1.30. The van der Waals surface area contributed by atoms with Gasteiger partial charge in [0.2, 0.25) is 0 Å². The van der Waals surface area contributed by atoms with Crippen LogP contribution in [0.4, 0.5) is 0 Å². The van der Waals surface area contributed by atoms with Crippen LogP contribution in [0.25, 0.3) is 17.1 Å². The monoisotopic (exact) mass is 444 g/mol. The third-order valence-electron chi connectivity index (χ3n) is 5.32. The van der Waals surface area contributed by atoms with E-state index in [0.29, 0.717) is 23.6 Å². The van der Waals surface area contributed by atoms with Crippen molar-refractivity contribution in [1.82, 2.24) is 29.3 Å². The van der Waals surface area contributed by atoms with E-state index in [1.165, 1.54) is 0 Å². The average Bonchev–Trinajstić information content (AvgIpc) is 3.20. The number of aryl methyl sites for hydroxylation is 2. The Morgan fingerprint density at radius 3 is 2.45 bits per heavy atom. The molecular weight excluding hydrogens is 416 g/mol. The molecule has 4 aromatic rings. The van der Waals surface area contributed by atoms with Crippen LogP contribution in [-0.4, -0.2) is 29.3 Å². The molecule has 170 valence electrons. The molecule has 0 saturated carbocycles. The zero-order valence-corrected chi connectivity index (χ0v) is 19.8.